The highest BCUT2D eigenvalue weighted by atomic mass is 16.5. The van der Waals surface area contributed by atoms with E-state index in [-0.39, 0.29) is 12.0 Å². The number of carbonyl (C=O) groups excluding carboxylic acids is 1. The average molecular weight is 355 g/mol. The van der Waals surface area contributed by atoms with Crippen LogP contribution in [0, 0.1) is 12.8 Å². The zero-order valence-electron chi connectivity index (χ0n) is 15.1. The van der Waals surface area contributed by atoms with E-state index >= 15 is 0 Å². The lowest BCUT2D eigenvalue weighted by Crippen LogP contribution is -2.49. The number of rotatable bonds is 3. The van der Waals surface area contributed by atoms with E-state index in [2.05, 4.69) is 16.0 Å². The molecule has 4 rings (SSSR count). The monoisotopic (exact) mass is 355 g/mol. The molecule has 6 nitrogen and oxygen atoms in total. The van der Waals surface area contributed by atoms with Crippen molar-refractivity contribution >= 4 is 5.91 Å². The van der Waals surface area contributed by atoms with E-state index in [0.29, 0.717) is 30.4 Å². The third kappa shape index (κ3) is 3.66. The van der Waals surface area contributed by atoms with Crippen LogP contribution in [0.4, 0.5) is 0 Å². The first kappa shape index (κ1) is 17.2. The second kappa shape index (κ2) is 7.60. The number of aromatic nitrogens is 1. The first-order valence-electron chi connectivity index (χ1n) is 9.27. The van der Waals surface area contributed by atoms with Crippen LogP contribution in [0.15, 0.2) is 41.3 Å². The summed E-state index contributed by atoms with van der Waals surface area (Å²) in [6.45, 7) is 6.79. The van der Waals surface area contributed by atoms with Gasteiger partial charge in [-0.05, 0) is 31.0 Å². The first-order chi connectivity index (χ1) is 12.7. The smallest absolute Gasteiger partial charge is 0.257 e. The number of likely N-dealkylation sites (tertiary alicyclic amines) is 1. The van der Waals surface area contributed by atoms with Crippen LogP contribution in [0.1, 0.15) is 28.1 Å². The summed E-state index contributed by atoms with van der Waals surface area (Å²) in [7, 11) is 0. The number of furan rings is 1. The predicted octanol–water partition coefficient (Wildman–Crippen LogP) is 2.35. The Kier molecular flexibility index (Phi) is 5.04. The normalized spacial score (nSPS) is 24.1. The molecule has 0 spiro atoms. The van der Waals surface area contributed by atoms with Gasteiger partial charge >= 0.3 is 0 Å². The number of aryl methyl sites for hydroxylation is 1. The maximum Gasteiger partial charge on any atom is 0.257 e. The van der Waals surface area contributed by atoms with Gasteiger partial charge in [0.05, 0.1) is 24.5 Å². The molecule has 1 amide bonds. The number of hydrogen-bond donors (Lipinski definition) is 0. The molecule has 6 heteroatoms. The highest BCUT2D eigenvalue weighted by Crippen LogP contribution is 2.26. The minimum absolute atomic E-state index is 0.0507. The van der Waals surface area contributed by atoms with Crippen LogP contribution in [0.25, 0.3) is 0 Å². The number of fused-ring (bicyclic) bond motifs is 1. The maximum absolute atomic E-state index is 12.7. The van der Waals surface area contributed by atoms with Gasteiger partial charge in [-0.25, -0.2) is 0 Å². The summed E-state index contributed by atoms with van der Waals surface area (Å²) in [5, 5.41) is 0. The van der Waals surface area contributed by atoms with Gasteiger partial charge < -0.3 is 14.1 Å². The fraction of sp³-hybridized carbons (Fsp3) is 0.500. The summed E-state index contributed by atoms with van der Waals surface area (Å²) in [4.78, 5) is 21.3. The minimum Gasteiger partial charge on any atom is -0.469 e. The Morgan fingerprint density at radius 3 is 3.00 bits per heavy atom. The third-order valence-corrected chi connectivity index (χ3v) is 5.43. The number of pyridine rings is 1. The van der Waals surface area contributed by atoms with Crippen molar-refractivity contribution in [3.63, 3.8) is 0 Å². The molecule has 138 valence electrons. The Morgan fingerprint density at radius 1 is 1.31 bits per heavy atom. The second-order valence-corrected chi connectivity index (χ2v) is 7.20. The number of hydrogen-bond acceptors (Lipinski definition) is 5. The van der Waals surface area contributed by atoms with Crippen molar-refractivity contribution in [3.05, 3.63) is 53.7 Å². The molecule has 0 aliphatic carbocycles. The van der Waals surface area contributed by atoms with Crippen LogP contribution in [0.3, 0.4) is 0 Å². The second-order valence-electron chi connectivity index (χ2n) is 7.20. The molecular weight excluding hydrogens is 330 g/mol. The summed E-state index contributed by atoms with van der Waals surface area (Å²) in [6, 6.07) is 5.85. The van der Waals surface area contributed by atoms with Crippen LogP contribution in [0.5, 0.6) is 0 Å². The molecular formula is C20H25N3O3. The van der Waals surface area contributed by atoms with E-state index in [1.165, 1.54) is 5.56 Å². The standard InChI is InChI=1S/C20H25N3O3/c1-15-18(5-9-25-15)20(24)23-7-4-17-13-22(8-10-26-19(17)14-23)12-16-3-2-6-21-11-16/h2-3,5-6,9,11,17,19H,4,7-8,10,12-14H2,1H3/t17-,19-/m1/s1. The SMILES string of the molecule is Cc1occc1C(=O)N1CC[C@@H]2CN(Cc3cccnc3)CCO[C@@H]2C1. The largest absolute Gasteiger partial charge is 0.469 e. The van der Waals surface area contributed by atoms with Crippen molar-refractivity contribution in [2.45, 2.75) is 26.0 Å². The fourth-order valence-electron chi connectivity index (χ4n) is 3.97. The number of piperidine rings is 1. The van der Waals surface area contributed by atoms with Gasteiger partial charge in [0.15, 0.2) is 0 Å². The highest BCUT2D eigenvalue weighted by molar-refractivity contribution is 5.95. The third-order valence-electron chi connectivity index (χ3n) is 5.43. The van der Waals surface area contributed by atoms with Gasteiger partial charge in [-0.15, -0.1) is 0 Å². The maximum atomic E-state index is 12.7. The molecule has 2 aromatic rings. The van der Waals surface area contributed by atoms with Crippen LogP contribution in [0.2, 0.25) is 0 Å². The summed E-state index contributed by atoms with van der Waals surface area (Å²) >= 11 is 0. The van der Waals surface area contributed by atoms with Crippen LogP contribution in [-0.4, -0.2) is 59.6 Å². The lowest BCUT2D eigenvalue weighted by molar-refractivity contribution is -0.0171. The molecule has 0 unspecified atom stereocenters. The topological polar surface area (TPSA) is 58.8 Å². The molecule has 0 saturated carbocycles. The highest BCUT2D eigenvalue weighted by Gasteiger charge is 2.35. The summed E-state index contributed by atoms with van der Waals surface area (Å²) in [5.41, 5.74) is 1.89. The van der Waals surface area contributed by atoms with Gasteiger partial charge in [-0.3, -0.25) is 14.7 Å². The van der Waals surface area contributed by atoms with Gasteiger partial charge in [-0.2, -0.15) is 0 Å². The zero-order chi connectivity index (χ0) is 17.9. The van der Waals surface area contributed by atoms with Crippen LogP contribution >= 0.6 is 0 Å². The Bertz CT molecular complexity index is 746. The van der Waals surface area contributed by atoms with Crippen LogP contribution in [-0.2, 0) is 11.3 Å². The summed E-state index contributed by atoms with van der Waals surface area (Å²) in [5.74, 6) is 1.19. The van der Waals surface area contributed by atoms with Gasteiger partial charge in [0.2, 0.25) is 0 Å². The molecule has 0 bridgehead atoms. The molecule has 2 aliphatic rings. The van der Waals surface area contributed by atoms with Crippen LogP contribution < -0.4 is 0 Å². The molecule has 0 aromatic carbocycles. The molecule has 2 aromatic heterocycles. The number of ether oxygens (including phenoxy) is 1. The average Bonchev–Trinajstić information content (AvgIpc) is 2.98. The molecule has 2 saturated heterocycles. The molecule has 2 fully saturated rings. The molecule has 2 atom stereocenters. The Hall–Kier alpha value is -2.18. The van der Waals surface area contributed by atoms with E-state index in [0.717, 1.165) is 32.6 Å². The zero-order valence-corrected chi connectivity index (χ0v) is 15.1. The molecule has 0 N–H and O–H groups in total. The van der Waals surface area contributed by atoms with E-state index in [1.54, 1.807) is 18.5 Å². The molecule has 0 radical (unpaired) electrons. The lowest BCUT2D eigenvalue weighted by atomic mass is 9.92. The fourth-order valence-corrected chi connectivity index (χ4v) is 3.97. The van der Waals surface area contributed by atoms with Crippen molar-refractivity contribution in [1.29, 1.82) is 0 Å². The van der Waals surface area contributed by atoms with Crippen molar-refractivity contribution in [2.75, 3.05) is 32.8 Å². The van der Waals surface area contributed by atoms with E-state index in [9.17, 15) is 4.79 Å². The summed E-state index contributed by atoms with van der Waals surface area (Å²) in [6.07, 6.45) is 6.39. The Labute approximate surface area is 153 Å². The summed E-state index contributed by atoms with van der Waals surface area (Å²) < 4.78 is 11.4. The minimum atomic E-state index is 0.0507. The van der Waals surface area contributed by atoms with E-state index < -0.39 is 0 Å². The van der Waals surface area contributed by atoms with Crippen molar-refractivity contribution in [3.8, 4) is 0 Å². The first-order valence-corrected chi connectivity index (χ1v) is 9.27. The molecule has 2 aliphatic heterocycles. The van der Waals surface area contributed by atoms with Crippen molar-refractivity contribution in [2.24, 2.45) is 5.92 Å². The quantitative estimate of drug-likeness (QED) is 0.846. The van der Waals surface area contributed by atoms with E-state index in [4.69, 9.17) is 9.15 Å². The van der Waals surface area contributed by atoms with Gasteiger partial charge in [0, 0.05) is 51.0 Å². The predicted molar refractivity (Wildman–Crippen MR) is 96.7 cm³/mol. The van der Waals surface area contributed by atoms with Gasteiger partial charge in [0.25, 0.3) is 5.91 Å². The molecule has 26 heavy (non-hydrogen) atoms. The Balaban J connectivity index is 1.39. The lowest BCUT2D eigenvalue weighted by Gasteiger charge is -2.38. The number of carbonyl (C=O) groups is 1. The van der Waals surface area contributed by atoms with Gasteiger partial charge in [0.1, 0.15) is 5.76 Å². The Morgan fingerprint density at radius 2 is 2.23 bits per heavy atom. The van der Waals surface area contributed by atoms with E-state index in [1.807, 2.05) is 24.1 Å². The van der Waals surface area contributed by atoms with Crippen molar-refractivity contribution in [1.82, 2.24) is 14.8 Å². The number of amides is 1. The van der Waals surface area contributed by atoms with Gasteiger partial charge in [-0.1, -0.05) is 6.07 Å². The number of nitrogens with zero attached hydrogens (tertiary/aromatic N) is 3. The van der Waals surface area contributed by atoms with Crippen molar-refractivity contribution < 1.29 is 13.9 Å². The molecule has 4 heterocycles.